The normalized spacial score (nSPS) is 44.8. The first kappa shape index (κ1) is 41.2. The van der Waals surface area contributed by atoms with Crippen LogP contribution in [0.2, 0.25) is 0 Å². The molecule has 0 amide bonds. The Morgan fingerprint density at radius 3 is 1.32 bits per heavy atom. The van der Waals surface area contributed by atoms with Crippen LogP contribution in [0.5, 0.6) is 0 Å². The van der Waals surface area contributed by atoms with E-state index in [1.165, 1.54) is 25.7 Å². The summed E-state index contributed by atoms with van der Waals surface area (Å²) >= 11 is 0. The molecule has 0 aromatic rings. The number of aldehydes is 2. The monoisotopic (exact) mass is 765 g/mol. The van der Waals surface area contributed by atoms with Gasteiger partial charge in [0.15, 0.2) is 11.6 Å². The molecule has 2 heterocycles. The largest absolute Gasteiger partial charge is 0.362 e. The van der Waals surface area contributed by atoms with Gasteiger partial charge in [0.25, 0.3) is 0 Å². The summed E-state index contributed by atoms with van der Waals surface area (Å²) in [6.07, 6.45) is 28.1. The van der Waals surface area contributed by atoms with Crippen molar-refractivity contribution in [3.8, 4) is 0 Å². The molecule has 2 saturated carbocycles. The van der Waals surface area contributed by atoms with Gasteiger partial charge in [-0.1, -0.05) is 75.3 Å². The molecule has 0 aromatic carbocycles. The van der Waals surface area contributed by atoms with E-state index in [9.17, 15) is 19.2 Å². The predicted octanol–water partition coefficient (Wildman–Crippen LogP) is 10.1. The SMILES string of the molecule is CC1=CC(=O)[C@H]2/C(C=O)=C\C[C@H]3[C@@H]([C@@H](C)/C=C\[C@@H]4OC4(C)C)CC[C@]3(C)C[C@H]12.CC1=CC(=O)[C@H]2/C(C=O)=C\C[C@H]3[C@@H]([C@@H](C)/C=C\[C@@H]4OC4(C)C)CC[C@]3(C)C[C@H]12. The lowest BCUT2D eigenvalue weighted by Gasteiger charge is -2.40. The highest BCUT2D eigenvalue weighted by atomic mass is 16.6. The Labute approximate surface area is 336 Å². The van der Waals surface area contributed by atoms with E-state index in [0.29, 0.717) is 46.7 Å². The third-order valence-electron chi connectivity index (χ3n) is 16.5. The fourth-order valence-electron chi connectivity index (χ4n) is 12.6. The molecule has 2 saturated heterocycles. The van der Waals surface area contributed by atoms with E-state index in [-0.39, 0.29) is 69.5 Å². The fourth-order valence-corrected chi connectivity index (χ4v) is 12.6. The Balaban J connectivity index is 0.000000172. The topological polar surface area (TPSA) is 93.3 Å². The molecule has 56 heavy (non-hydrogen) atoms. The van der Waals surface area contributed by atoms with Crippen LogP contribution in [-0.4, -0.2) is 47.5 Å². The average molecular weight is 765 g/mol. The highest BCUT2D eigenvalue weighted by Gasteiger charge is 2.53. The minimum Gasteiger partial charge on any atom is -0.362 e. The van der Waals surface area contributed by atoms with Crippen LogP contribution in [0.25, 0.3) is 0 Å². The van der Waals surface area contributed by atoms with Gasteiger partial charge >= 0.3 is 0 Å². The van der Waals surface area contributed by atoms with Crippen LogP contribution in [0.4, 0.5) is 0 Å². The molecule has 6 nitrogen and oxygen atoms in total. The van der Waals surface area contributed by atoms with Gasteiger partial charge in [0.2, 0.25) is 0 Å². The fraction of sp³-hybridized carbons (Fsp3) is 0.680. The number of rotatable bonds is 8. The molecule has 0 radical (unpaired) electrons. The van der Waals surface area contributed by atoms with Crippen molar-refractivity contribution in [3.05, 3.63) is 70.9 Å². The zero-order valence-corrected chi connectivity index (χ0v) is 35.8. The van der Waals surface area contributed by atoms with Crippen LogP contribution in [0.15, 0.2) is 70.9 Å². The van der Waals surface area contributed by atoms with E-state index in [1.807, 2.05) is 0 Å². The van der Waals surface area contributed by atoms with E-state index < -0.39 is 0 Å². The Kier molecular flexibility index (Phi) is 11.0. The molecule has 0 unspecified atom stereocenters. The standard InChI is InChI=1S/2C25H34O3/c2*1-15(6-9-22-24(3,4)28-22)18-10-11-25(5)13-19-16(2)12-21(27)23(19)17(14-26)7-8-20(18)25/h2*6-7,9,12,14-15,18-20,22-23H,8,10-11,13H2,1-5H3/b2*9-6-,17-7-/t2*15-,18+,19+,20-,22-,23-,25+/m00/s1. The van der Waals surface area contributed by atoms with Gasteiger partial charge < -0.3 is 9.47 Å². The van der Waals surface area contributed by atoms with Crippen molar-refractivity contribution in [1.82, 2.24) is 0 Å². The maximum absolute atomic E-state index is 12.5. The van der Waals surface area contributed by atoms with Crippen LogP contribution < -0.4 is 0 Å². The number of carbonyl (C=O) groups excluding carboxylic acids is 4. The van der Waals surface area contributed by atoms with Crippen LogP contribution in [-0.2, 0) is 28.7 Å². The number of carbonyl (C=O) groups is 4. The van der Waals surface area contributed by atoms with Gasteiger partial charge in [-0.15, -0.1) is 0 Å². The summed E-state index contributed by atoms with van der Waals surface area (Å²) in [5.41, 5.74) is 4.21. The first-order valence-corrected chi connectivity index (χ1v) is 21.8. The van der Waals surface area contributed by atoms with Gasteiger partial charge in [-0.2, -0.15) is 0 Å². The number of hydrogen-bond acceptors (Lipinski definition) is 6. The molecular weight excluding hydrogens is 697 g/mol. The van der Waals surface area contributed by atoms with Crippen molar-refractivity contribution in [1.29, 1.82) is 0 Å². The van der Waals surface area contributed by atoms with Crippen LogP contribution in [0.1, 0.15) is 121 Å². The summed E-state index contributed by atoms with van der Waals surface area (Å²) in [5, 5.41) is 0. The summed E-state index contributed by atoms with van der Waals surface area (Å²) in [4.78, 5) is 48.6. The molecule has 304 valence electrons. The predicted molar refractivity (Wildman–Crippen MR) is 221 cm³/mol. The molecule has 8 aliphatic rings. The number of hydrogen-bond donors (Lipinski definition) is 0. The smallest absolute Gasteiger partial charge is 0.163 e. The lowest BCUT2D eigenvalue weighted by Crippen LogP contribution is -2.34. The van der Waals surface area contributed by atoms with Crippen LogP contribution in [0.3, 0.4) is 0 Å². The molecule has 6 heteroatoms. The quantitative estimate of drug-likeness (QED) is 0.139. The molecule has 8 rings (SSSR count). The Bertz CT molecular complexity index is 1670. The number of ether oxygens (including phenoxy) is 2. The van der Waals surface area contributed by atoms with Crippen molar-refractivity contribution >= 4 is 24.1 Å². The van der Waals surface area contributed by atoms with Crippen LogP contribution in [0, 0.1) is 70.0 Å². The van der Waals surface area contributed by atoms with Crippen molar-refractivity contribution in [2.75, 3.05) is 0 Å². The highest BCUT2D eigenvalue weighted by molar-refractivity contribution is 6.02. The second kappa shape index (κ2) is 15.0. The van der Waals surface area contributed by atoms with E-state index in [2.05, 4.69) is 106 Å². The summed E-state index contributed by atoms with van der Waals surface area (Å²) < 4.78 is 11.4. The van der Waals surface area contributed by atoms with Crippen LogP contribution >= 0.6 is 0 Å². The first-order chi connectivity index (χ1) is 26.3. The van der Waals surface area contributed by atoms with E-state index in [4.69, 9.17) is 9.47 Å². The Hall–Kier alpha value is -2.96. The van der Waals surface area contributed by atoms with Gasteiger partial charge in [-0.3, -0.25) is 19.2 Å². The highest BCUT2D eigenvalue weighted by Crippen LogP contribution is 2.60. The molecule has 6 aliphatic carbocycles. The second-order valence-electron chi connectivity index (χ2n) is 21.0. The lowest BCUT2D eigenvalue weighted by atomic mass is 9.63. The number of allylic oxidation sites excluding steroid dienone is 10. The third-order valence-corrected chi connectivity index (χ3v) is 16.5. The van der Waals surface area contributed by atoms with Gasteiger partial charge in [0.1, 0.15) is 24.8 Å². The maximum Gasteiger partial charge on any atom is 0.163 e. The zero-order valence-electron chi connectivity index (χ0n) is 35.8. The van der Waals surface area contributed by atoms with E-state index in [0.717, 1.165) is 49.4 Å². The lowest BCUT2D eigenvalue weighted by molar-refractivity contribution is -0.119. The molecule has 4 fully saturated rings. The number of ketones is 2. The Morgan fingerprint density at radius 1 is 0.643 bits per heavy atom. The Morgan fingerprint density at radius 2 is 1.00 bits per heavy atom. The molecular formula is C50H68O6. The van der Waals surface area contributed by atoms with Crippen molar-refractivity contribution in [2.24, 2.45) is 70.0 Å². The third kappa shape index (κ3) is 7.68. The summed E-state index contributed by atoms with van der Waals surface area (Å²) in [7, 11) is 0. The zero-order chi connectivity index (χ0) is 40.5. The molecule has 2 aliphatic heterocycles. The average Bonchev–Trinajstić information content (AvgIpc) is 3.67. The molecule has 0 N–H and O–H groups in total. The molecule has 0 spiro atoms. The van der Waals surface area contributed by atoms with Crippen molar-refractivity contribution in [2.45, 2.75) is 144 Å². The summed E-state index contributed by atoms with van der Waals surface area (Å²) in [5.74, 6) is 3.51. The van der Waals surface area contributed by atoms with Gasteiger partial charge in [-0.05, 0) is 174 Å². The number of fused-ring (bicyclic) bond motifs is 4. The van der Waals surface area contributed by atoms with Crippen molar-refractivity contribution < 1.29 is 28.7 Å². The molecule has 0 bridgehead atoms. The second-order valence-corrected chi connectivity index (χ2v) is 21.0. The van der Waals surface area contributed by atoms with Gasteiger partial charge in [-0.25, -0.2) is 0 Å². The number of epoxide rings is 2. The van der Waals surface area contributed by atoms with E-state index in [1.54, 1.807) is 12.2 Å². The van der Waals surface area contributed by atoms with E-state index >= 15 is 0 Å². The summed E-state index contributed by atoms with van der Waals surface area (Å²) in [6.45, 7) is 22.2. The minimum absolute atomic E-state index is 0.00384. The molecule has 14 atom stereocenters. The van der Waals surface area contributed by atoms with Crippen molar-refractivity contribution in [3.63, 3.8) is 0 Å². The van der Waals surface area contributed by atoms with Gasteiger partial charge in [0, 0.05) is 0 Å². The van der Waals surface area contributed by atoms with Gasteiger partial charge in [0.05, 0.1) is 23.0 Å². The summed E-state index contributed by atoms with van der Waals surface area (Å²) in [6, 6.07) is 0. The minimum atomic E-state index is -0.235. The first-order valence-electron chi connectivity index (χ1n) is 21.8. The maximum atomic E-state index is 12.5. The molecule has 0 aromatic heterocycles.